The molecule has 0 radical (unpaired) electrons. The van der Waals surface area contributed by atoms with Crippen LogP contribution in [0.15, 0.2) is 18.2 Å². The topological polar surface area (TPSA) is 66.9 Å². The van der Waals surface area contributed by atoms with Gasteiger partial charge in [-0.15, -0.1) is 0 Å². The van der Waals surface area contributed by atoms with Crippen LogP contribution in [0.1, 0.15) is 19.8 Å². The molecule has 0 aliphatic rings. The Labute approximate surface area is 143 Å². The molecule has 0 atom stereocenters. The zero-order valence-electron chi connectivity index (χ0n) is 13.9. The van der Waals surface area contributed by atoms with Gasteiger partial charge in [-0.2, -0.15) is 0 Å². The molecule has 1 rings (SSSR count). The highest BCUT2D eigenvalue weighted by Gasteiger charge is 2.25. The summed E-state index contributed by atoms with van der Waals surface area (Å²) in [6.07, 6.45) is 2.86. The third-order valence-corrected chi connectivity index (χ3v) is 4.72. The van der Waals surface area contributed by atoms with Gasteiger partial charge < -0.3 is 9.64 Å². The van der Waals surface area contributed by atoms with Gasteiger partial charge in [-0.1, -0.05) is 24.9 Å². The Balaban J connectivity index is 3.13. The second-order valence-corrected chi connectivity index (χ2v) is 7.60. The van der Waals surface area contributed by atoms with Gasteiger partial charge in [-0.05, 0) is 24.6 Å². The van der Waals surface area contributed by atoms with Crippen LogP contribution < -0.4 is 9.04 Å². The number of halogens is 1. The van der Waals surface area contributed by atoms with E-state index < -0.39 is 10.0 Å². The van der Waals surface area contributed by atoms with Crippen molar-refractivity contribution in [1.29, 1.82) is 0 Å². The van der Waals surface area contributed by atoms with Crippen LogP contribution in [-0.2, 0) is 14.8 Å². The van der Waals surface area contributed by atoms with Gasteiger partial charge >= 0.3 is 0 Å². The molecule has 6 nitrogen and oxygen atoms in total. The molecule has 23 heavy (non-hydrogen) atoms. The van der Waals surface area contributed by atoms with Gasteiger partial charge in [0.1, 0.15) is 12.3 Å². The van der Waals surface area contributed by atoms with E-state index in [2.05, 4.69) is 0 Å². The fourth-order valence-electron chi connectivity index (χ4n) is 2.00. The molecule has 0 aliphatic heterocycles. The maximum atomic E-state index is 12.3. The number of anilines is 1. The summed E-state index contributed by atoms with van der Waals surface area (Å²) in [5, 5.41) is 0.362. The smallest absolute Gasteiger partial charge is 0.243 e. The Morgan fingerprint density at radius 3 is 2.52 bits per heavy atom. The molecule has 0 heterocycles. The third-order valence-electron chi connectivity index (χ3n) is 3.36. The first-order chi connectivity index (χ1) is 10.7. The van der Waals surface area contributed by atoms with Gasteiger partial charge in [0.2, 0.25) is 15.9 Å². The van der Waals surface area contributed by atoms with E-state index in [1.807, 2.05) is 6.92 Å². The summed E-state index contributed by atoms with van der Waals surface area (Å²) in [7, 11) is -0.576. The highest BCUT2D eigenvalue weighted by Crippen LogP contribution is 2.32. The lowest BCUT2D eigenvalue weighted by Gasteiger charge is -2.26. The van der Waals surface area contributed by atoms with Crippen molar-refractivity contribution < 1.29 is 17.9 Å². The zero-order chi connectivity index (χ0) is 17.6. The molecule has 0 N–H and O–H groups in total. The van der Waals surface area contributed by atoms with Crippen molar-refractivity contribution in [3.05, 3.63) is 23.2 Å². The summed E-state index contributed by atoms with van der Waals surface area (Å²) in [5.41, 5.74) is 0.250. The van der Waals surface area contributed by atoms with Crippen LogP contribution in [0.5, 0.6) is 5.75 Å². The van der Waals surface area contributed by atoms with Crippen LogP contribution in [0.2, 0.25) is 5.02 Å². The fraction of sp³-hybridized carbons (Fsp3) is 0.533. The maximum Gasteiger partial charge on any atom is 0.243 e. The van der Waals surface area contributed by atoms with Gasteiger partial charge in [0.05, 0.1) is 19.1 Å². The minimum atomic E-state index is -3.67. The van der Waals surface area contributed by atoms with Gasteiger partial charge in [0, 0.05) is 18.6 Å². The van der Waals surface area contributed by atoms with E-state index in [0.29, 0.717) is 17.3 Å². The molecule has 0 spiro atoms. The zero-order valence-corrected chi connectivity index (χ0v) is 15.4. The minimum absolute atomic E-state index is 0.250. The van der Waals surface area contributed by atoms with Crippen molar-refractivity contribution in [3.63, 3.8) is 0 Å². The summed E-state index contributed by atoms with van der Waals surface area (Å²) < 4.78 is 30.5. The van der Waals surface area contributed by atoms with E-state index in [1.54, 1.807) is 19.2 Å². The monoisotopic (exact) mass is 362 g/mol. The molecule has 0 aromatic heterocycles. The average molecular weight is 363 g/mol. The Kier molecular flexibility index (Phi) is 7.15. The number of sulfonamides is 1. The first-order valence-corrected chi connectivity index (χ1v) is 9.48. The minimum Gasteiger partial charge on any atom is -0.495 e. The molecule has 0 unspecified atom stereocenters. The summed E-state index contributed by atoms with van der Waals surface area (Å²) >= 11 is 5.96. The Morgan fingerprint density at radius 1 is 1.35 bits per heavy atom. The summed E-state index contributed by atoms with van der Waals surface area (Å²) in [6.45, 7) is 2.31. The van der Waals surface area contributed by atoms with Crippen LogP contribution in [0.3, 0.4) is 0 Å². The van der Waals surface area contributed by atoms with E-state index in [-0.39, 0.29) is 18.1 Å². The van der Waals surface area contributed by atoms with Gasteiger partial charge in [-0.25, -0.2) is 8.42 Å². The average Bonchev–Trinajstić information content (AvgIpc) is 2.48. The quantitative estimate of drug-likeness (QED) is 0.712. The predicted octanol–water partition coefficient (Wildman–Crippen LogP) is 2.37. The Bertz CT molecular complexity index is 649. The molecule has 0 aliphatic carbocycles. The molecule has 1 amide bonds. The number of carbonyl (C=O) groups is 1. The highest BCUT2D eigenvalue weighted by atomic mass is 35.5. The summed E-state index contributed by atoms with van der Waals surface area (Å²) in [4.78, 5) is 13.8. The van der Waals surface area contributed by atoms with Gasteiger partial charge in [0.25, 0.3) is 0 Å². The van der Waals surface area contributed by atoms with E-state index in [9.17, 15) is 13.2 Å². The number of unbranched alkanes of at least 4 members (excludes halogenated alkanes) is 1. The SMILES string of the molecule is CCCCN(C)C(=O)CN(c1cc(Cl)ccc1OC)S(C)(=O)=O. The molecule has 1 aromatic rings. The Morgan fingerprint density at radius 2 is 2.00 bits per heavy atom. The fourth-order valence-corrected chi connectivity index (χ4v) is 3.01. The molecule has 0 fully saturated rings. The van der Waals surface area contributed by atoms with E-state index >= 15 is 0 Å². The molecular weight excluding hydrogens is 340 g/mol. The largest absolute Gasteiger partial charge is 0.495 e. The first-order valence-electron chi connectivity index (χ1n) is 7.26. The third kappa shape index (κ3) is 5.58. The number of rotatable bonds is 8. The number of methoxy groups -OCH3 is 1. The molecule has 8 heteroatoms. The number of hydrogen-bond acceptors (Lipinski definition) is 4. The van der Waals surface area contributed by atoms with Crippen LogP contribution in [0.4, 0.5) is 5.69 Å². The van der Waals surface area contributed by atoms with Crippen LogP contribution in [-0.4, -0.2) is 52.7 Å². The first kappa shape index (κ1) is 19.6. The predicted molar refractivity (Wildman–Crippen MR) is 92.7 cm³/mol. The summed E-state index contributed by atoms with van der Waals surface area (Å²) in [5.74, 6) is 0.0507. The summed E-state index contributed by atoms with van der Waals surface area (Å²) in [6, 6.07) is 4.64. The van der Waals surface area contributed by atoms with Crippen molar-refractivity contribution in [2.24, 2.45) is 0 Å². The second kappa shape index (κ2) is 8.40. The molecule has 1 aromatic carbocycles. The maximum absolute atomic E-state index is 12.3. The highest BCUT2D eigenvalue weighted by molar-refractivity contribution is 7.92. The number of benzene rings is 1. The van der Waals surface area contributed by atoms with E-state index in [4.69, 9.17) is 16.3 Å². The van der Waals surface area contributed by atoms with Crippen molar-refractivity contribution in [2.75, 3.05) is 37.8 Å². The molecule has 0 saturated carbocycles. The lowest BCUT2D eigenvalue weighted by atomic mass is 10.3. The number of nitrogens with zero attached hydrogens (tertiary/aromatic N) is 2. The van der Waals surface area contributed by atoms with Crippen LogP contribution >= 0.6 is 11.6 Å². The molecule has 0 bridgehead atoms. The second-order valence-electron chi connectivity index (χ2n) is 5.25. The van der Waals surface area contributed by atoms with Crippen LogP contribution in [0, 0.1) is 0 Å². The Hall–Kier alpha value is -1.47. The number of carbonyl (C=O) groups excluding carboxylic acids is 1. The van der Waals surface area contributed by atoms with Gasteiger partial charge in [-0.3, -0.25) is 9.10 Å². The number of ether oxygens (including phenoxy) is 1. The van der Waals surface area contributed by atoms with Crippen molar-refractivity contribution in [3.8, 4) is 5.75 Å². The van der Waals surface area contributed by atoms with Crippen LogP contribution in [0.25, 0.3) is 0 Å². The van der Waals surface area contributed by atoms with E-state index in [1.165, 1.54) is 18.1 Å². The normalized spacial score (nSPS) is 11.2. The molecule has 130 valence electrons. The number of amides is 1. The van der Waals surface area contributed by atoms with Crippen molar-refractivity contribution in [2.45, 2.75) is 19.8 Å². The van der Waals surface area contributed by atoms with Gasteiger partial charge in [0.15, 0.2) is 0 Å². The standard InChI is InChI=1S/C15H23ClN2O4S/c1-5-6-9-17(2)15(19)11-18(23(4,20)21)13-10-12(16)7-8-14(13)22-3/h7-8,10H,5-6,9,11H2,1-4H3. The number of hydrogen-bond donors (Lipinski definition) is 0. The lowest BCUT2D eigenvalue weighted by Crippen LogP contribution is -2.41. The van der Waals surface area contributed by atoms with Crippen molar-refractivity contribution in [1.82, 2.24) is 4.90 Å². The van der Waals surface area contributed by atoms with E-state index in [0.717, 1.165) is 23.4 Å². The molecular formula is C15H23ClN2O4S. The van der Waals surface area contributed by atoms with Crippen molar-refractivity contribution >= 4 is 33.2 Å². The number of likely N-dealkylation sites (N-methyl/N-ethyl adjacent to an activating group) is 1. The molecule has 0 saturated heterocycles. The lowest BCUT2D eigenvalue weighted by molar-refractivity contribution is -0.128.